The van der Waals surface area contributed by atoms with Gasteiger partial charge in [0, 0.05) is 43.7 Å². The van der Waals surface area contributed by atoms with Crippen molar-refractivity contribution >= 4 is 22.4 Å². The molecular weight excluding hydrogens is 370 g/mol. The third-order valence-corrected chi connectivity index (χ3v) is 6.42. The fourth-order valence-corrected chi connectivity index (χ4v) is 4.70. The molecule has 0 bridgehead atoms. The number of hydrogen-bond donors (Lipinski definition) is 0. The number of likely N-dealkylation sites (tertiary alicyclic amines) is 1. The molecule has 0 unspecified atom stereocenters. The van der Waals surface area contributed by atoms with Gasteiger partial charge in [-0.05, 0) is 50.2 Å². The molecule has 1 amide bonds. The number of thiazole rings is 1. The van der Waals surface area contributed by atoms with Gasteiger partial charge >= 0.3 is 0 Å². The van der Waals surface area contributed by atoms with E-state index >= 15 is 0 Å². The Morgan fingerprint density at radius 2 is 1.75 bits per heavy atom. The summed E-state index contributed by atoms with van der Waals surface area (Å²) in [5.41, 5.74) is 2.38. The topological polar surface area (TPSA) is 63.5 Å². The molecule has 2 saturated heterocycles. The monoisotopic (exact) mass is 395 g/mol. The van der Waals surface area contributed by atoms with Crippen molar-refractivity contribution in [3.63, 3.8) is 0 Å². The van der Waals surface area contributed by atoms with E-state index in [2.05, 4.69) is 21.2 Å². The molecule has 0 spiro atoms. The van der Waals surface area contributed by atoms with Crippen LogP contribution in [0.3, 0.4) is 0 Å². The maximum absolute atomic E-state index is 12.7. The first-order chi connectivity index (χ1) is 13.7. The van der Waals surface area contributed by atoms with Crippen molar-refractivity contribution in [3.8, 4) is 6.07 Å². The SMILES string of the molecule is N#Cc1ccc(C(=O)N2CCN(c3nc(CN4CCCCC4)cs3)CC2)cc1. The Hall–Kier alpha value is -2.43. The van der Waals surface area contributed by atoms with E-state index in [1.165, 1.54) is 32.4 Å². The summed E-state index contributed by atoms with van der Waals surface area (Å²) >= 11 is 1.71. The van der Waals surface area contributed by atoms with Crippen molar-refractivity contribution in [2.75, 3.05) is 44.2 Å². The number of piperazine rings is 1. The van der Waals surface area contributed by atoms with Crippen LogP contribution < -0.4 is 4.90 Å². The van der Waals surface area contributed by atoms with Crippen molar-refractivity contribution in [1.29, 1.82) is 5.26 Å². The van der Waals surface area contributed by atoms with Crippen LogP contribution in [0.25, 0.3) is 0 Å². The van der Waals surface area contributed by atoms with Gasteiger partial charge in [0.15, 0.2) is 5.13 Å². The molecule has 3 heterocycles. The maximum Gasteiger partial charge on any atom is 0.253 e. The van der Waals surface area contributed by atoms with Crippen molar-refractivity contribution in [2.24, 2.45) is 0 Å². The highest BCUT2D eigenvalue weighted by atomic mass is 32.1. The van der Waals surface area contributed by atoms with E-state index in [0.29, 0.717) is 24.2 Å². The van der Waals surface area contributed by atoms with Crippen molar-refractivity contribution in [1.82, 2.24) is 14.8 Å². The Kier molecular flexibility index (Phi) is 5.89. The predicted octanol–water partition coefficient (Wildman–Crippen LogP) is 2.96. The molecular formula is C21H25N5OS. The first kappa shape index (κ1) is 18.9. The standard InChI is InChI=1S/C21H25N5OS/c22-14-17-4-6-18(7-5-17)20(27)25-10-12-26(13-11-25)21-23-19(16-28-21)15-24-8-2-1-3-9-24/h4-7,16H,1-3,8-13,15H2. The number of nitrogens with zero attached hydrogens (tertiary/aromatic N) is 5. The van der Waals surface area contributed by atoms with Gasteiger partial charge in [0.1, 0.15) is 0 Å². The largest absolute Gasteiger partial charge is 0.345 e. The maximum atomic E-state index is 12.7. The van der Waals surface area contributed by atoms with Crippen LogP contribution in [0.15, 0.2) is 29.6 Å². The normalized spacial score (nSPS) is 18.1. The Labute approximate surface area is 170 Å². The summed E-state index contributed by atoms with van der Waals surface area (Å²) in [5.74, 6) is 0.0362. The van der Waals surface area contributed by atoms with Crippen LogP contribution in [0.1, 0.15) is 40.9 Å². The molecule has 1 aromatic heterocycles. The van der Waals surface area contributed by atoms with Gasteiger partial charge in [0.2, 0.25) is 0 Å². The molecule has 0 N–H and O–H groups in total. The average Bonchev–Trinajstić information content (AvgIpc) is 3.22. The molecule has 4 rings (SSSR count). The van der Waals surface area contributed by atoms with E-state index in [1.54, 1.807) is 35.6 Å². The summed E-state index contributed by atoms with van der Waals surface area (Å²) in [5, 5.41) is 12.1. The van der Waals surface area contributed by atoms with Gasteiger partial charge in [-0.3, -0.25) is 9.69 Å². The third-order valence-electron chi connectivity index (χ3n) is 5.47. The zero-order valence-electron chi connectivity index (χ0n) is 16.0. The molecule has 2 aliphatic rings. The predicted molar refractivity (Wildman–Crippen MR) is 111 cm³/mol. The number of amides is 1. The van der Waals surface area contributed by atoms with Crippen molar-refractivity contribution in [2.45, 2.75) is 25.8 Å². The Morgan fingerprint density at radius 1 is 1.04 bits per heavy atom. The minimum Gasteiger partial charge on any atom is -0.345 e. The lowest BCUT2D eigenvalue weighted by Crippen LogP contribution is -2.48. The second-order valence-electron chi connectivity index (χ2n) is 7.43. The van der Waals surface area contributed by atoms with E-state index < -0.39 is 0 Å². The highest BCUT2D eigenvalue weighted by Gasteiger charge is 2.24. The zero-order chi connectivity index (χ0) is 19.3. The highest BCUT2D eigenvalue weighted by Crippen LogP contribution is 2.24. The molecule has 0 saturated carbocycles. The number of anilines is 1. The van der Waals surface area contributed by atoms with Gasteiger partial charge in [-0.1, -0.05) is 6.42 Å². The molecule has 2 aliphatic heterocycles. The number of benzene rings is 1. The quantitative estimate of drug-likeness (QED) is 0.796. The number of piperidine rings is 1. The van der Waals surface area contributed by atoms with Crippen LogP contribution >= 0.6 is 11.3 Å². The van der Waals surface area contributed by atoms with E-state index in [4.69, 9.17) is 10.2 Å². The fraction of sp³-hybridized carbons (Fsp3) is 0.476. The number of rotatable bonds is 4. The molecule has 6 nitrogen and oxygen atoms in total. The summed E-state index contributed by atoms with van der Waals surface area (Å²) < 4.78 is 0. The third kappa shape index (κ3) is 4.34. The van der Waals surface area contributed by atoms with Crippen LogP contribution in [0.4, 0.5) is 5.13 Å². The highest BCUT2D eigenvalue weighted by molar-refractivity contribution is 7.13. The molecule has 0 radical (unpaired) electrons. The van der Waals surface area contributed by atoms with E-state index in [1.807, 2.05) is 4.90 Å². The van der Waals surface area contributed by atoms with Crippen LogP contribution in [0.2, 0.25) is 0 Å². The van der Waals surface area contributed by atoms with Crippen LogP contribution in [-0.2, 0) is 6.54 Å². The van der Waals surface area contributed by atoms with E-state index in [0.717, 1.165) is 30.5 Å². The first-order valence-electron chi connectivity index (χ1n) is 9.94. The van der Waals surface area contributed by atoms with Gasteiger partial charge in [-0.25, -0.2) is 4.98 Å². The first-order valence-corrected chi connectivity index (χ1v) is 10.8. The number of hydrogen-bond acceptors (Lipinski definition) is 6. The molecule has 7 heteroatoms. The molecule has 146 valence electrons. The molecule has 28 heavy (non-hydrogen) atoms. The smallest absolute Gasteiger partial charge is 0.253 e. The minimum atomic E-state index is 0.0362. The number of carbonyl (C=O) groups is 1. The summed E-state index contributed by atoms with van der Waals surface area (Å²) in [6, 6.07) is 8.95. The van der Waals surface area contributed by atoms with Gasteiger partial charge in [-0.15, -0.1) is 11.3 Å². The van der Waals surface area contributed by atoms with E-state index in [-0.39, 0.29) is 5.91 Å². The minimum absolute atomic E-state index is 0.0362. The van der Waals surface area contributed by atoms with Crippen molar-refractivity contribution in [3.05, 3.63) is 46.5 Å². The molecule has 0 atom stereocenters. The Bertz CT molecular complexity index is 842. The van der Waals surface area contributed by atoms with Crippen LogP contribution in [0, 0.1) is 11.3 Å². The lowest BCUT2D eigenvalue weighted by atomic mass is 10.1. The van der Waals surface area contributed by atoms with Crippen molar-refractivity contribution < 1.29 is 4.79 Å². The van der Waals surface area contributed by atoms with E-state index in [9.17, 15) is 4.79 Å². The van der Waals surface area contributed by atoms with Crippen LogP contribution in [-0.4, -0.2) is 60.0 Å². The molecule has 2 aromatic rings. The van der Waals surface area contributed by atoms with Gasteiger partial charge in [-0.2, -0.15) is 5.26 Å². The second kappa shape index (κ2) is 8.72. The Morgan fingerprint density at radius 3 is 2.43 bits per heavy atom. The van der Waals surface area contributed by atoms with Gasteiger partial charge < -0.3 is 9.80 Å². The second-order valence-corrected chi connectivity index (χ2v) is 8.26. The summed E-state index contributed by atoms with van der Waals surface area (Å²) in [6.45, 7) is 6.32. The van der Waals surface area contributed by atoms with Gasteiger partial charge in [0.05, 0.1) is 17.3 Å². The number of nitriles is 1. The lowest BCUT2D eigenvalue weighted by Gasteiger charge is -2.34. The summed E-state index contributed by atoms with van der Waals surface area (Å²) in [7, 11) is 0. The molecule has 0 aliphatic carbocycles. The number of carbonyl (C=O) groups excluding carboxylic acids is 1. The summed E-state index contributed by atoms with van der Waals surface area (Å²) in [6.07, 6.45) is 3.95. The fourth-order valence-electron chi connectivity index (χ4n) is 3.83. The Balaban J connectivity index is 1.31. The van der Waals surface area contributed by atoms with Crippen LogP contribution in [0.5, 0.6) is 0 Å². The zero-order valence-corrected chi connectivity index (χ0v) is 16.8. The molecule has 2 fully saturated rings. The van der Waals surface area contributed by atoms with Gasteiger partial charge in [0.25, 0.3) is 5.91 Å². The molecule has 1 aromatic carbocycles. The lowest BCUT2D eigenvalue weighted by molar-refractivity contribution is 0.0746. The average molecular weight is 396 g/mol. The number of aromatic nitrogens is 1. The summed E-state index contributed by atoms with van der Waals surface area (Å²) in [4.78, 5) is 24.2.